The lowest BCUT2D eigenvalue weighted by atomic mass is 10.1. The third-order valence-corrected chi connectivity index (χ3v) is 10.0. The highest BCUT2D eigenvalue weighted by Gasteiger charge is 2.37. The second-order valence-electron chi connectivity index (χ2n) is 11.3. The van der Waals surface area contributed by atoms with E-state index in [4.69, 9.17) is 15.1 Å². The molecule has 0 aliphatic carbocycles. The Balaban J connectivity index is 1.25. The number of carbonyl (C=O) groups is 2. The number of halogens is 1. The Morgan fingerprint density at radius 1 is 1.13 bits per heavy atom. The van der Waals surface area contributed by atoms with E-state index < -0.39 is 6.10 Å². The summed E-state index contributed by atoms with van der Waals surface area (Å²) < 4.78 is 15.3. The minimum atomic E-state index is -0.504. The second-order valence-corrected chi connectivity index (χ2v) is 13.2. The van der Waals surface area contributed by atoms with E-state index in [1.54, 1.807) is 40.5 Å². The van der Waals surface area contributed by atoms with Crippen LogP contribution in [0.3, 0.4) is 0 Å². The number of urea groups is 1. The number of nitrogens with zero attached hydrogens (tertiary/aromatic N) is 10. The zero-order valence-electron chi connectivity index (χ0n) is 25.3. The molecule has 0 saturated carbocycles. The average Bonchev–Trinajstić information content (AvgIpc) is 3.80. The maximum absolute atomic E-state index is 13.5. The number of fused-ring (bicyclic) bond motifs is 1. The summed E-state index contributed by atoms with van der Waals surface area (Å²) in [6.45, 7) is 3.72. The predicted octanol–water partition coefficient (Wildman–Crippen LogP) is 3.02. The number of aliphatic hydroxyl groups excluding tert-OH is 1. The molecule has 3 amide bonds. The first-order valence-electron chi connectivity index (χ1n) is 14.6. The van der Waals surface area contributed by atoms with Crippen molar-refractivity contribution in [2.45, 2.75) is 31.9 Å². The van der Waals surface area contributed by atoms with Crippen LogP contribution in [-0.4, -0.2) is 117 Å². The average molecular weight is 653 g/mol. The smallest absolute Gasteiger partial charge is 0.320 e. The Morgan fingerprint density at radius 3 is 2.51 bits per heavy atom. The van der Waals surface area contributed by atoms with Crippen molar-refractivity contribution >= 4 is 55.7 Å². The van der Waals surface area contributed by atoms with Gasteiger partial charge >= 0.3 is 6.03 Å². The zero-order chi connectivity index (χ0) is 32.0. The van der Waals surface area contributed by atoms with E-state index >= 15 is 0 Å². The molecule has 45 heavy (non-hydrogen) atoms. The number of carbonyl (C=O) groups excluding carboxylic acids is 2. The number of nitriles is 1. The maximum atomic E-state index is 13.5. The Bertz CT molecular complexity index is 1770. The van der Waals surface area contributed by atoms with E-state index in [1.165, 1.54) is 39.7 Å². The number of aromatic nitrogens is 4. The molecule has 2 saturated heterocycles. The van der Waals surface area contributed by atoms with Crippen LogP contribution in [0, 0.1) is 17.1 Å². The normalized spacial score (nSPS) is 16.6. The van der Waals surface area contributed by atoms with Crippen molar-refractivity contribution in [3.05, 3.63) is 40.7 Å². The molecule has 3 aromatic heterocycles. The van der Waals surface area contributed by atoms with Crippen LogP contribution in [0.15, 0.2) is 24.3 Å². The molecule has 0 spiro atoms. The first-order chi connectivity index (χ1) is 21.6. The van der Waals surface area contributed by atoms with Crippen LogP contribution in [-0.2, 0) is 11.2 Å². The molecule has 2 aliphatic heterocycles. The molecule has 1 N–H and O–H groups in total. The van der Waals surface area contributed by atoms with Gasteiger partial charge in [-0.1, -0.05) is 29.6 Å². The molecule has 0 radical (unpaired) electrons. The van der Waals surface area contributed by atoms with E-state index in [-0.39, 0.29) is 30.3 Å². The number of amides is 3. The predicted molar refractivity (Wildman–Crippen MR) is 170 cm³/mol. The fraction of sp³-hybridized carbons (Fsp3) is 0.448. The monoisotopic (exact) mass is 652 g/mol. The van der Waals surface area contributed by atoms with Gasteiger partial charge in [0.05, 0.1) is 17.8 Å². The number of aryl methyl sites for hydroxylation is 1. The lowest BCUT2D eigenvalue weighted by Gasteiger charge is -2.38. The summed E-state index contributed by atoms with van der Waals surface area (Å²) in [6, 6.07) is 7.71. The lowest BCUT2D eigenvalue weighted by molar-refractivity contribution is -0.142. The number of likely N-dealkylation sites (tertiary alicyclic amines) is 1. The molecule has 0 bridgehead atoms. The molecule has 6 rings (SSSR count). The van der Waals surface area contributed by atoms with Crippen LogP contribution in [0.1, 0.15) is 23.9 Å². The van der Waals surface area contributed by atoms with Crippen LogP contribution in [0.2, 0.25) is 0 Å². The number of anilines is 3. The Labute approximate surface area is 267 Å². The number of aliphatic hydroxyl groups is 1. The van der Waals surface area contributed by atoms with Gasteiger partial charge in [-0.2, -0.15) is 9.78 Å². The summed E-state index contributed by atoms with van der Waals surface area (Å²) in [7, 11) is 5.20. The van der Waals surface area contributed by atoms with E-state index in [0.29, 0.717) is 65.2 Å². The molecule has 1 atom stereocenters. The molecule has 0 unspecified atom stereocenters. The highest BCUT2D eigenvalue weighted by atomic mass is 32.1. The standard InChI is InChI=1S/C29H33FN10O3S2/c1-5-21-25(36(4)26-33-24(22(12-31)44-26)17-6-8-18(30)9-7-17)40-27(32-21)45-28(34-40)37-11-10-19(13-37)39(29(43)35(2)3)16-23(42)38-14-20(41)15-38/h6-9,19-20,41H,5,10-11,13-16H2,1-4H3/t19-/m1/s1. The fourth-order valence-corrected chi connectivity index (χ4v) is 7.38. The van der Waals surface area contributed by atoms with Crippen molar-refractivity contribution in [1.29, 1.82) is 5.26 Å². The fourth-order valence-electron chi connectivity index (χ4n) is 5.58. The van der Waals surface area contributed by atoms with Crippen molar-refractivity contribution in [1.82, 2.24) is 34.3 Å². The summed E-state index contributed by atoms with van der Waals surface area (Å²) in [4.78, 5) is 45.3. The molecule has 236 valence electrons. The van der Waals surface area contributed by atoms with Crippen molar-refractivity contribution in [3.63, 3.8) is 0 Å². The van der Waals surface area contributed by atoms with Crippen LogP contribution < -0.4 is 9.80 Å². The first-order valence-corrected chi connectivity index (χ1v) is 16.2. The number of imidazole rings is 1. The summed E-state index contributed by atoms with van der Waals surface area (Å²) in [6.07, 6.45) is 0.824. The third-order valence-electron chi connectivity index (χ3n) is 8.04. The van der Waals surface area contributed by atoms with Crippen LogP contribution >= 0.6 is 22.7 Å². The maximum Gasteiger partial charge on any atom is 0.320 e. The minimum Gasteiger partial charge on any atom is -0.389 e. The first kappa shape index (κ1) is 30.7. The van der Waals surface area contributed by atoms with Gasteiger partial charge in [-0.25, -0.2) is 19.2 Å². The number of hydrogen-bond donors (Lipinski definition) is 1. The van der Waals surface area contributed by atoms with Gasteiger partial charge in [0.1, 0.15) is 29.0 Å². The van der Waals surface area contributed by atoms with Crippen molar-refractivity contribution in [3.8, 4) is 17.3 Å². The zero-order valence-corrected chi connectivity index (χ0v) is 27.0. The summed E-state index contributed by atoms with van der Waals surface area (Å²) in [5.74, 6) is 0.202. The molecular formula is C29H33FN10O3S2. The number of rotatable bonds is 8. The van der Waals surface area contributed by atoms with E-state index in [0.717, 1.165) is 16.6 Å². The summed E-state index contributed by atoms with van der Waals surface area (Å²) in [5, 5.41) is 25.7. The molecule has 5 heterocycles. The number of β-amino-alcohol motifs (C(OH)–C–C–N with tert-alkyl or cyclic N) is 1. The van der Waals surface area contributed by atoms with Crippen molar-refractivity contribution < 1.29 is 19.1 Å². The van der Waals surface area contributed by atoms with Gasteiger partial charge in [-0.15, -0.1) is 5.10 Å². The second kappa shape index (κ2) is 12.2. The highest BCUT2D eigenvalue weighted by Crippen LogP contribution is 2.38. The molecule has 4 aromatic rings. The highest BCUT2D eigenvalue weighted by molar-refractivity contribution is 7.20. The van der Waals surface area contributed by atoms with Gasteiger partial charge in [-0.05, 0) is 37.1 Å². The molecule has 2 fully saturated rings. The SMILES string of the molecule is CCc1nc2sc(N3CC[C@@H](N(CC(=O)N4CC(O)C4)C(=O)N(C)C)C3)nn2c1N(C)c1nc(-c2ccc(F)cc2)c(C#N)s1. The largest absolute Gasteiger partial charge is 0.389 e. The Morgan fingerprint density at radius 2 is 1.87 bits per heavy atom. The van der Waals surface area contributed by atoms with Gasteiger partial charge in [0, 0.05) is 52.9 Å². The minimum absolute atomic E-state index is 0.0450. The van der Waals surface area contributed by atoms with Crippen molar-refractivity contribution in [2.24, 2.45) is 0 Å². The quantitative estimate of drug-likeness (QED) is 0.305. The molecule has 13 nitrogen and oxygen atoms in total. The van der Waals surface area contributed by atoms with Gasteiger partial charge < -0.3 is 29.6 Å². The molecular weight excluding hydrogens is 620 g/mol. The lowest BCUT2D eigenvalue weighted by Crippen LogP contribution is -2.58. The van der Waals surface area contributed by atoms with Crippen LogP contribution in [0.4, 0.5) is 25.3 Å². The van der Waals surface area contributed by atoms with Gasteiger partial charge in [-0.3, -0.25) is 4.79 Å². The van der Waals surface area contributed by atoms with Gasteiger partial charge in [0.2, 0.25) is 16.0 Å². The molecule has 1 aromatic carbocycles. The van der Waals surface area contributed by atoms with Gasteiger partial charge in [0.15, 0.2) is 10.9 Å². The van der Waals surface area contributed by atoms with E-state index in [9.17, 15) is 24.3 Å². The number of benzene rings is 1. The Hall–Kier alpha value is -4.33. The van der Waals surface area contributed by atoms with Crippen LogP contribution in [0.5, 0.6) is 0 Å². The third kappa shape index (κ3) is 5.78. The Kier molecular flexibility index (Phi) is 8.33. The molecule has 2 aliphatic rings. The number of hydrogen-bond acceptors (Lipinski definition) is 11. The van der Waals surface area contributed by atoms with E-state index in [2.05, 4.69) is 11.0 Å². The van der Waals surface area contributed by atoms with Gasteiger partial charge in [0.25, 0.3) is 0 Å². The summed E-state index contributed by atoms with van der Waals surface area (Å²) >= 11 is 2.69. The molecule has 16 heteroatoms. The van der Waals surface area contributed by atoms with E-state index in [1.807, 2.05) is 18.9 Å². The van der Waals surface area contributed by atoms with Crippen molar-refractivity contribution in [2.75, 3.05) is 63.7 Å². The van der Waals surface area contributed by atoms with Crippen LogP contribution in [0.25, 0.3) is 16.2 Å². The topological polar surface area (TPSA) is 137 Å². The number of thiazole rings is 1. The summed E-state index contributed by atoms with van der Waals surface area (Å²) in [5.41, 5.74) is 1.98.